The summed E-state index contributed by atoms with van der Waals surface area (Å²) in [7, 11) is 5.72. The number of alkyl halides is 2. The van der Waals surface area contributed by atoms with Crippen molar-refractivity contribution in [3.05, 3.63) is 48.6 Å². The molecule has 29 heavy (non-hydrogen) atoms. The van der Waals surface area contributed by atoms with Gasteiger partial charge >= 0.3 is 0 Å². The van der Waals surface area contributed by atoms with Gasteiger partial charge in [-0.3, -0.25) is 14.8 Å². The van der Waals surface area contributed by atoms with E-state index in [1.54, 1.807) is 12.1 Å². The van der Waals surface area contributed by atoms with Gasteiger partial charge in [0.05, 0.1) is 20.1 Å². The van der Waals surface area contributed by atoms with Crippen LogP contribution in [-0.4, -0.2) is 68.1 Å². The molecule has 3 N–H and O–H groups in total. The number of carbonyl (C=O) groups excluding carboxylic acids is 2. The van der Waals surface area contributed by atoms with Crippen LogP contribution in [0, 0.1) is 17.8 Å². The van der Waals surface area contributed by atoms with E-state index in [-0.39, 0.29) is 0 Å². The fraction of sp³-hybridized carbons (Fsp3) is 0.429. The molecule has 0 spiro atoms. The maximum absolute atomic E-state index is 12.1. The topological polar surface area (TPSA) is 78.4 Å². The van der Waals surface area contributed by atoms with Crippen LogP contribution in [-0.2, 0) is 4.79 Å². The Kier molecular flexibility index (Phi) is 11.6. The lowest BCUT2D eigenvalue weighted by atomic mass is 10.0. The highest BCUT2D eigenvalue weighted by Gasteiger charge is 2.45. The number of nitrogens with one attached hydrogen (secondary N) is 2. The average molecular weight is 410 g/mol. The summed E-state index contributed by atoms with van der Waals surface area (Å²) in [5.74, 6) is 4.37. The molecule has 3 atom stereocenters. The van der Waals surface area contributed by atoms with Crippen molar-refractivity contribution >= 4 is 12.2 Å². The van der Waals surface area contributed by atoms with Crippen LogP contribution in [0.3, 0.4) is 0 Å². The molecule has 0 saturated carbocycles. The van der Waals surface area contributed by atoms with E-state index in [1.807, 2.05) is 12.1 Å². The normalized spacial score (nSPS) is 17.7. The van der Waals surface area contributed by atoms with Gasteiger partial charge < -0.3 is 9.80 Å². The van der Waals surface area contributed by atoms with E-state index >= 15 is 0 Å². The van der Waals surface area contributed by atoms with Crippen LogP contribution in [0.5, 0.6) is 0 Å². The minimum Gasteiger partial charge on any atom is -0.308 e. The zero-order valence-corrected chi connectivity index (χ0v) is 17.3. The fourth-order valence-corrected chi connectivity index (χ4v) is 2.28. The van der Waals surface area contributed by atoms with Gasteiger partial charge in [-0.25, -0.2) is 14.3 Å². The molecule has 8 heteroatoms. The van der Waals surface area contributed by atoms with Crippen molar-refractivity contribution < 1.29 is 28.1 Å². The number of hydrogen-bond donors (Lipinski definition) is 3. The smallest absolute Gasteiger partial charge is 0.260 e. The fourth-order valence-electron chi connectivity index (χ4n) is 2.28. The van der Waals surface area contributed by atoms with E-state index in [1.165, 1.54) is 19.5 Å². The molecule has 0 bridgehead atoms. The molecule has 2 rings (SSSR count). The Bertz CT molecular complexity index is 712. The van der Waals surface area contributed by atoms with Crippen molar-refractivity contribution in [2.75, 3.05) is 27.7 Å². The molecule has 1 aromatic carbocycles. The second-order valence-corrected chi connectivity index (χ2v) is 6.92. The summed E-state index contributed by atoms with van der Waals surface area (Å²) in [5.41, 5.74) is 2.99. The Morgan fingerprint density at radius 1 is 1.31 bits per heavy atom. The SMILES string of the molecule is C=C.CNC(C(=O)NO)C(C)C(F)F.C[N+]1(C)CC1C#Cc1ccc(C=O)cc1. The number of carbonyl (C=O) groups is 2. The minimum atomic E-state index is -2.60. The quantitative estimate of drug-likeness (QED) is 0.132. The first kappa shape index (κ1) is 26.4. The van der Waals surface area contributed by atoms with Gasteiger partial charge in [-0.15, -0.1) is 13.2 Å². The molecule has 1 heterocycles. The Balaban J connectivity index is 0.000000512. The highest BCUT2D eigenvalue weighted by Crippen LogP contribution is 2.23. The van der Waals surface area contributed by atoms with Crippen molar-refractivity contribution in [1.82, 2.24) is 10.8 Å². The molecular weight excluding hydrogens is 380 g/mol. The summed E-state index contributed by atoms with van der Waals surface area (Å²) >= 11 is 0. The van der Waals surface area contributed by atoms with Gasteiger partial charge in [0.2, 0.25) is 12.5 Å². The first-order valence-electron chi connectivity index (χ1n) is 8.95. The zero-order chi connectivity index (χ0) is 22.6. The minimum absolute atomic E-state index is 0.482. The number of likely N-dealkylation sites (N-methyl/N-ethyl adjacent to an activating group) is 2. The molecular formula is C21H30F2N3O3+. The number of aldehydes is 1. The van der Waals surface area contributed by atoms with Crippen molar-refractivity contribution in [1.29, 1.82) is 0 Å². The molecule has 0 aliphatic carbocycles. The summed E-state index contributed by atoms with van der Waals surface area (Å²) in [6.07, 6.45) is -1.75. The van der Waals surface area contributed by atoms with Crippen LogP contribution in [0.15, 0.2) is 37.4 Å². The monoisotopic (exact) mass is 410 g/mol. The van der Waals surface area contributed by atoms with E-state index in [9.17, 15) is 18.4 Å². The Morgan fingerprint density at radius 3 is 2.17 bits per heavy atom. The summed E-state index contributed by atoms with van der Waals surface area (Å²) in [6, 6.07) is 6.78. The molecule has 1 fully saturated rings. The molecule has 1 aliphatic heterocycles. The van der Waals surface area contributed by atoms with Crippen molar-refractivity contribution in [2.24, 2.45) is 5.92 Å². The number of quaternary nitrogens is 1. The van der Waals surface area contributed by atoms with Gasteiger partial charge in [-0.2, -0.15) is 0 Å². The van der Waals surface area contributed by atoms with Crippen LogP contribution in [0.25, 0.3) is 0 Å². The summed E-state index contributed by atoms with van der Waals surface area (Å²) < 4.78 is 25.1. The number of nitrogens with zero attached hydrogens (tertiary/aromatic N) is 1. The number of hydroxylamine groups is 1. The molecule has 3 unspecified atom stereocenters. The average Bonchev–Trinajstić information content (AvgIpc) is 3.35. The van der Waals surface area contributed by atoms with Crippen molar-refractivity contribution in [3.8, 4) is 11.8 Å². The summed E-state index contributed by atoms with van der Waals surface area (Å²) in [4.78, 5) is 21.2. The third kappa shape index (κ3) is 8.96. The second kappa shape index (κ2) is 12.8. The zero-order valence-electron chi connectivity index (χ0n) is 17.3. The van der Waals surface area contributed by atoms with E-state index in [4.69, 9.17) is 5.21 Å². The number of halogens is 2. The summed E-state index contributed by atoms with van der Waals surface area (Å²) in [5, 5.41) is 10.6. The first-order chi connectivity index (χ1) is 13.7. The highest BCUT2D eigenvalue weighted by atomic mass is 19.3. The summed E-state index contributed by atoms with van der Waals surface area (Å²) in [6.45, 7) is 8.36. The van der Waals surface area contributed by atoms with Crippen molar-refractivity contribution in [3.63, 3.8) is 0 Å². The molecule has 1 saturated heterocycles. The van der Waals surface area contributed by atoms with Crippen LogP contribution >= 0.6 is 0 Å². The molecule has 1 aromatic rings. The van der Waals surface area contributed by atoms with Crippen molar-refractivity contribution in [2.45, 2.75) is 25.4 Å². The third-order valence-electron chi connectivity index (χ3n) is 4.41. The first-order valence-corrected chi connectivity index (χ1v) is 8.95. The standard InChI is InChI=1S/C13H14NO.C6H12F2N2O2.C2H4/c1-14(2)9-13(14)8-7-11-3-5-12(10-15)6-4-11;1-3(5(7)8)4(9-2)6(11)10-12;1-2/h3-6,10,13H,9H2,1-2H3;3-5,9,12H,1-2H3,(H,10,11);1-2H2/q+1;;. The predicted octanol–water partition coefficient (Wildman–Crippen LogP) is 2.09. The van der Waals surface area contributed by atoms with Gasteiger partial charge in [-0.05, 0) is 25.1 Å². The molecule has 160 valence electrons. The third-order valence-corrected chi connectivity index (χ3v) is 4.41. The number of benzene rings is 1. The molecule has 6 nitrogen and oxygen atoms in total. The number of hydrogen-bond acceptors (Lipinski definition) is 4. The van der Waals surface area contributed by atoms with E-state index in [0.717, 1.165) is 22.9 Å². The Hall–Kier alpha value is -2.60. The van der Waals surface area contributed by atoms with Gasteiger partial charge in [0, 0.05) is 17.0 Å². The highest BCUT2D eigenvalue weighted by molar-refractivity contribution is 5.80. The lowest BCUT2D eigenvalue weighted by Crippen LogP contribution is -2.47. The molecule has 1 amide bonds. The van der Waals surface area contributed by atoms with Crippen LogP contribution < -0.4 is 10.8 Å². The van der Waals surface area contributed by atoms with E-state index < -0.39 is 24.3 Å². The maximum Gasteiger partial charge on any atom is 0.260 e. The van der Waals surface area contributed by atoms with Crippen LogP contribution in [0.4, 0.5) is 8.78 Å². The lowest BCUT2D eigenvalue weighted by molar-refractivity contribution is -0.763. The lowest BCUT2D eigenvalue weighted by Gasteiger charge is -2.20. The molecule has 0 radical (unpaired) electrons. The molecule has 1 aliphatic rings. The van der Waals surface area contributed by atoms with Gasteiger partial charge in [0.25, 0.3) is 5.91 Å². The van der Waals surface area contributed by atoms with Gasteiger partial charge in [-0.1, -0.05) is 25.0 Å². The maximum atomic E-state index is 12.1. The van der Waals surface area contributed by atoms with Gasteiger partial charge in [0.15, 0.2) is 0 Å². The van der Waals surface area contributed by atoms with E-state index in [2.05, 4.69) is 44.4 Å². The second-order valence-electron chi connectivity index (χ2n) is 6.92. The van der Waals surface area contributed by atoms with Gasteiger partial charge in [0.1, 0.15) is 12.8 Å². The Labute approximate surface area is 171 Å². The van der Waals surface area contributed by atoms with Crippen LogP contribution in [0.2, 0.25) is 0 Å². The predicted molar refractivity (Wildman–Crippen MR) is 109 cm³/mol. The molecule has 0 aromatic heterocycles. The Morgan fingerprint density at radius 2 is 1.83 bits per heavy atom. The van der Waals surface area contributed by atoms with Crippen LogP contribution in [0.1, 0.15) is 22.8 Å². The number of amides is 1. The van der Waals surface area contributed by atoms with E-state index in [0.29, 0.717) is 11.6 Å². The largest absolute Gasteiger partial charge is 0.308 e. The number of rotatable bonds is 5.